The fraction of sp³-hybridized carbons (Fsp3) is 0.722. The van der Waals surface area contributed by atoms with Crippen LogP contribution in [0.1, 0.15) is 284 Å². The van der Waals surface area contributed by atoms with Crippen molar-refractivity contribution in [3.05, 3.63) is 109 Å². The second-order valence-corrected chi connectivity index (χ2v) is 24.9. The van der Waals surface area contributed by atoms with Crippen molar-refractivity contribution in [2.24, 2.45) is 0 Å². The van der Waals surface area contributed by atoms with Crippen LogP contribution in [0.4, 0.5) is 0 Å². The summed E-state index contributed by atoms with van der Waals surface area (Å²) in [6, 6.07) is 0. The number of nitrogens with zero attached hydrogens (tertiary/aromatic N) is 1. The fourth-order valence-electron chi connectivity index (χ4n) is 9.21. The van der Waals surface area contributed by atoms with Crippen molar-refractivity contribution < 1.29 is 42.1 Å². The minimum absolute atomic E-state index is 0.0270. The van der Waals surface area contributed by atoms with Crippen LogP contribution < -0.4 is 0 Å². The van der Waals surface area contributed by atoms with Crippen molar-refractivity contribution >= 4 is 19.8 Å². The van der Waals surface area contributed by atoms with Crippen molar-refractivity contribution in [3.8, 4) is 0 Å². The molecule has 0 aliphatic heterocycles. The molecule has 82 heavy (non-hydrogen) atoms. The molecule has 2 atom stereocenters. The first-order valence-corrected chi connectivity index (χ1v) is 35.1. The second kappa shape index (κ2) is 62.2. The Morgan fingerprint density at radius 2 is 0.659 bits per heavy atom. The average molecular weight is 1170 g/mol. The number of esters is 2. The van der Waals surface area contributed by atoms with Crippen molar-refractivity contribution in [1.29, 1.82) is 0 Å². The summed E-state index contributed by atoms with van der Waals surface area (Å²) in [4.78, 5) is 35.8. The molecule has 0 aromatic carbocycles. The normalized spacial score (nSPS) is 13.9. The van der Waals surface area contributed by atoms with Crippen LogP contribution >= 0.6 is 7.82 Å². The van der Waals surface area contributed by atoms with Gasteiger partial charge in [0, 0.05) is 12.8 Å². The van der Waals surface area contributed by atoms with Gasteiger partial charge in [-0.2, -0.15) is 0 Å². The zero-order valence-electron chi connectivity index (χ0n) is 53.7. The molecule has 0 saturated carbocycles. The number of rotatable bonds is 61. The lowest BCUT2D eigenvalue weighted by atomic mass is 10.0. The molecule has 0 amide bonds. The molecule has 0 saturated heterocycles. The van der Waals surface area contributed by atoms with Gasteiger partial charge in [-0.15, -0.1) is 0 Å². The van der Waals surface area contributed by atoms with Gasteiger partial charge in [0.25, 0.3) is 0 Å². The molecular weight excluding hydrogens is 1040 g/mol. The van der Waals surface area contributed by atoms with Gasteiger partial charge in [0.05, 0.1) is 27.7 Å². The number of unbranched alkanes of at least 4 members (excludes halogenated alkanes) is 29. The maximum absolute atomic E-state index is 12.9. The molecule has 0 aliphatic carbocycles. The number of carbonyl (C=O) groups is 2. The second-order valence-electron chi connectivity index (χ2n) is 23.4. The van der Waals surface area contributed by atoms with Crippen LogP contribution in [0.3, 0.4) is 0 Å². The molecule has 1 N–H and O–H groups in total. The highest BCUT2D eigenvalue weighted by atomic mass is 31.2. The van der Waals surface area contributed by atoms with Gasteiger partial charge in [-0.25, -0.2) is 4.57 Å². The third-order valence-electron chi connectivity index (χ3n) is 14.3. The van der Waals surface area contributed by atoms with Gasteiger partial charge >= 0.3 is 19.8 Å². The average Bonchev–Trinajstić information content (AvgIpc) is 3.46. The van der Waals surface area contributed by atoms with Crippen LogP contribution in [-0.2, 0) is 32.7 Å². The van der Waals surface area contributed by atoms with E-state index in [1.807, 2.05) is 21.1 Å². The molecule has 0 fully saturated rings. The van der Waals surface area contributed by atoms with E-state index in [9.17, 15) is 19.0 Å². The first kappa shape index (κ1) is 78.7. The quantitative estimate of drug-likeness (QED) is 0.0211. The number of allylic oxidation sites excluding steroid dienone is 18. The Hall–Kier alpha value is -3.33. The van der Waals surface area contributed by atoms with E-state index in [4.69, 9.17) is 18.5 Å². The Labute approximate surface area is 506 Å². The third-order valence-corrected chi connectivity index (χ3v) is 15.3. The Bertz CT molecular complexity index is 1750. The number of ether oxygens (including phenoxy) is 2. The minimum atomic E-state index is -4.40. The van der Waals surface area contributed by atoms with E-state index in [-0.39, 0.29) is 32.0 Å². The summed E-state index contributed by atoms with van der Waals surface area (Å²) in [5.41, 5.74) is 0. The summed E-state index contributed by atoms with van der Waals surface area (Å²) in [6.45, 7) is 4.22. The molecule has 0 radical (unpaired) electrons. The van der Waals surface area contributed by atoms with Crippen molar-refractivity contribution in [2.45, 2.75) is 290 Å². The number of likely N-dealkylation sites (N-methyl/N-ethyl adjacent to an activating group) is 1. The number of phosphoric ester groups is 1. The van der Waals surface area contributed by atoms with E-state index >= 15 is 0 Å². The first-order valence-electron chi connectivity index (χ1n) is 33.6. The van der Waals surface area contributed by atoms with E-state index < -0.39 is 26.5 Å². The molecule has 2 unspecified atom stereocenters. The molecule has 0 rings (SSSR count). The Balaban J connectivity index is 4.05. The number of phosphoric acid groups is 1. The summed E-state index contributed by atoms with van der Waals surface area (Å²) in [5.74, 6) is -0.799. The highest BCUT2D eigenvalue weighted by molar-refractivity contribution is 7.47. The fourth-order valence-corrected chi connectivity index (χ4v) is 9.95. The molecule has 0 spiro atoms. The summed E-state index contributed by atoms with van der Waals surface area (Å²) in [5, 5.41) is 0. The molecule has 0 aliphatic rings. The summed E-state index contributed by atoms with van der Waals surface area (Å²) in [6.07, 6.45) is 87.5. The van der Waals surface area contributed by atoms with E-state index in [0.717, 1.165) is 103 Å². The summed E-state index contributed by atoms with van der Waals surface area (Å²) < 4.78 is 34.7. The SMILES string of the molecule is CC/C=C\C/C=C\C/C=C\C/C=C\C/C=C\CCCCCCCCCCCC(=O)OC(COC(=O)CCCCCCCCCCCCCCCCCCCCCC/C=C\C/C=C\C/C=C\C/C=C\CC)COP(=O)(O)OCC[N+](C)(C)C. The molecular formula is C72H127NO8P+. The van der Waals surface area contributed by atoms with Crippen LogP contribution in [0.15, 0.2) is 109 Å². The van der Waals surface area contributed by atoms with E-state index in [2.05, 4.69) is 123 Å². The van der Waals surface area contributed by atoms with Gasteiger partial charge in [0.1, 0.15) is 19.8 Å². The molecule has 0 heterocycles. The smallest absolute Gasteiger partial charge is 0.462 e. The largest absolute Gasteiger partial charge is 0.472 e. The molecule has 472 valence electrons. The van der Waals surface area contributed by atoms with Crippen LogP contribution in [-0.4, -0.2) is 74.9 Å². The maximum Gasteiger partial charge on any atom is 0.472 e. The zero-order valence-corrected chi connectivity index (χ0v) is 54.6. The predicted molar refractivity (Wildman–Crippen MR) is 353 cm³/mol. The van der Waals surface area contributed by atoms with Gasteiger partial charge in [0.2, 0.25) is 0 Å². The molecule has 0 aromatic heterocycles. The van der Waals surface area contributed by atoms with Crippen LogP contribution in [0.2, 0.25) is 0 Å². The lowest BCUT2D eigenvalue weighted by Crippen LogP contribution is -2.37. The summed E-state index contributed by atoms with van der Waals surface area (Å²) in [7, 11) is 1.47. The standard InChI is InChI=1S/C72H126NO8P/c1-6-8-10-12-14-16-18-20-22-24-26-28-30-32-33-34-35-36-37-38-39-41-42-44-46-48-50-52-54-56-58-60-62-64-71(74)78-68-70(69-80-82(76,77)79-67-66-73(3,4)5)81-72(75)65-63-61-59-57-55-53-51-49-47-45-43-40-31-29-27-25-23-21-19-17-15-13-11-9-7-2/h8-11,14-17,20-23,26-29,40,43,70H,6-7,12-13,18-19,24-25,30-39,41-42,44-69H2,1-5H3/p+1/b10-8-,11-9-,16-14-,17-15-,22-20-,23-21-,28-26-,29-27-,43-40-. The van der Waals surface area contributed by atoms with Gasteiger partial charge in [-0.1, -0.05) is 284 Å². The Morgan fingerprint density at radius 1 is 0.378 bits per heavy atom. The molecule has 9 nitrogen and oxygen atoms in total. The van der Waals surface area contributed by atoms with Gasteiger partial charge < -0.3 is 18.9 Å². The zero-order chi connectivity index (χ0) is 59.8. The van der Waals surface area contributed by atoms with Crippen molar-refractivity contribution in [1.82, 2.24) is 0 Å². The summed E-state index contributed by atoms with van der Waals surface area (Å²) >= 11 is 0. The molecule has 0 aromatic rings. The monoisotopic (exact) mass is 1160 g/mol. The maximum atomic E-state index is 12.9. The van der Waals surface area contributed by atoms with E-state index in [1.165, 1.54) is 148 Å². The van der Waals surface area contributed by atoms with E-state index in [1.54, 1.807) is 0 Å². The lowest BCUT2D eigenvalue weighted by molar-refractivity contribution is -0.870. The van der Waals surface area contributed by atoms with E-state index in [0.29, 0.717) is 17.4 Å². The van der Waals surface area contributed by atoms with Crippen LogP contribution in [0.5, 0.6) is 0 Å². The predicted octanol–water partition coefficient (Wildman–Crippen LogP) is 21.7. The van der Waals surface area contributed by atoms with Crippen LogP contribution in [0, 0.1) is 0 Å². The Morgan fingerprint density at radius 3 is 0.976 bits per heavy atom. The topological polar surface area (TPSA) is 108 Å². The number of carbonyl (C=O) groups excluding carboxylic acids is 2. The van der Waals surface area contributed by atoms with Crippen molar-refractivity contribution in [2.75, 3.05) is 47.5 Å². The highest BCUT2D eigenvalue weighted by Crippen LogP contribution is 2.43. The third kappa shape index (κ3) is 65.8. The minimum Gasteiger partial charge on any atom is -0.462 e. The Kier molecular flexibility index (Phi) is 59.7. The highest BCUT2D eigenvalue weighted by Gasteiger charge is 2.27. The number of hydrogen-bond acceptors (Lipinski definition) is 7. The lowest BCUT2D eigenvalue weighted by Gasteiger charge is -2.24. The van der Waals surface area contributed by atoms with Crippen molar-refractivity contribution in [3.63, 3.8) is 0 Å². The number of hydrogen-bond donors (Lipinski definition) is 1. The molecule has 10 heteroatoms. The molecule has 0 bridgehead atoms. The van der Waals surface area contributed by atoms with Gasteiger partial charge in [-0.05, 0) is 96.3 Å². The number of quaternary nitrogens is 1. The van der Waals surface area contributed by atoms with Gasteiger partial charge in [-0.3, -0.25) is 18.6 Å². The van der Waals surface area contributed by atoms with Crippen LogP contribution in [0.25, 0.3) is 0 Å². The van der Waals surface area contributed by atoms with Gasteiger partial charge in [0.15, 0.2) is 6.10 Å². The first-order chi connectivity index (χ1) is 40.0.